The molecule has 1 saturated heterocycles. The molecule has 0 unspecified atom stereocenters. The fraction of sp³-hybridized carbons (Fsp3) is 0.360. The number of piperidine rings is 1. The number of likely N-dealkylation sites (tertiary alicyclic amines) is 1. The topological polar surface area (TPSA) is 95.6 Å². The van der Waals surface area contributed by atoms with Crippen molar-refractivity contribution >= 4 is 29.2 Å². The number of ketones is 1. The van der Waals surface area contributed by atoms with Crippen molar-refractivity contribution < 1.29 is 19.2 Å². The van der Waals surface area contributed by atoms with Gasteiger partial charge in [0.25, 0.3) is 5.91 Å². The maximum absolute atomic E-state index is 12.8. The lowest BCUT2D eigenvalue weighted by Crippen LogP contribution is -2.46. The summed E-state index contributed by atoms with van der Waals surface area (Å²) in [4.78, 5) is 50.3. The van der Waals surface area contributed by atoms with Crippen LogP contribution in [0, 0.1) is 6.92 Å². The molecule has 7 heteroatoms. The first-order valence-electron chi connectivity index (χ1n) is 10.9. The number of hydrogen-bond acceptors (Lipinski definition) is 4. The zero-order chi connectivity index (χ0) is 23.1. The van der Waals surface area contributed by atoms with Gasteiger partial charge in [0.05, 0.1) is 0 Å². The lowest BCUT2D eigenvalue weighted by Gasteiger charge is -2.32. The molecule has 1 heterocycles. The summed E-state index contributed by atoms with van der Waals surface area (Å²) in [5, 5.41) is 5.67. The monoisotopic (exact) mass is 435 g/mol. The third-order valence-electron chi connectivity index (χ3n) is 5.53. The van der Waals surface area contributed by atoms with E-state index in [0.717, 1.165) is 5.56 Å². The van der Waals surface area contributed by atoms with Crippen LogP contribution >= 0.6 is 0 Å². The summed E-state index contributed by atoms with van der Waals surface area (Å²) in [6.45, 7) is 4.46. The van der Waals surface area contributed by atoms with Gasteiger partial charge < -0.3 is 15.5 Å². The summed E-state index contributed by atoms with van der Waals surface area (Å²) in [7, 11) is 0. The molecule has 168 valence electrons. The van der Waals surface area contributed by atoms with Gasteiger partial charge in [-0.2, -0.15) is 0 Å². The van der Waals surface area contributed by atoms with E-state index in [2.05, 4.69) is 10.6 Å². The Morgan fingerprint density at radius 1 is 0.938 bits per heavy atom. The molecule has 1 fully saturated rings. The van der Waals surface area contributed by atoms with Crippen molar-refractivity contribution in [1.29, 1.82) is 0 Å². The fourth-order valence-corrected chi connectivity index (χ4v) is 3.75. The molecule has 3 amide bonds. The third kappa shape index (κ3) is 6.51. The van der Waals surface area contributed by atoms with E-state index >= 15 is 0 Å². The summed E-state index contributed by atoms with van der Waals surface area (Å²) in [6.07, 6.45) is 1.65. The van der Waals surface area contributed by atoms with Gasteiger partial charge >= 0.3 is 0 Å². The highest BCUT2D eigenvalue weighted by Gasteiger charge is 2.25. The number of carbonyl (C=O) groups excluding carboxylic acids is 4. The molecule has 0 radical (unpaired) electrons. The molecule has 0 aromatic heterocycles. The van der Waals surface area contributed by atoms with E-state index in [9.17, 15) is 19.2 Å². The van der Waals surface area contributed by atoms with Gasteiger partial charge in [0.2, 0.25) is 11.8 Å². The minimum absolute atomic E-state index is 0.00765. The van der Waals surface area contributed by atoms with Gasteiger partial charge in [-0.3, -0.25) is 19.2 Å². The number of aryl methyl sites for hydroxylation is 1. The third-order valence-corrected chi connectivity index (χ3v) is 5.53. The summed E-state index contributed by atoms with van der Waals surface area (Å²) in [5.74, 6) is -0.460. The Kier molecular flexibility index (Phi) is 7.76. The lowest BCUT2D eigenvalue weighted by molar-refractivity contribution is -0.122. The van der Waals surface area contributed by atoms with Crippen molar-refractivity contribution in [3.63, 3.8) is 0 Å². The molecule has 0 bridgehead atoms. The molecular weight excluding hydrogens is 406 g/mol. The molecule has 0 saturated carbocycles. The van der Waals surface area contributed by atoms with Crippen LogP contribution in [0.25, 0.3) is 0 Å². The Hall–Kier alpha value is -3.48. The zero-order valence-electron chi connectivity index (χ0n) is 18.5. The van der Waals surface area contributed by atoms with E-state index in [1.807, 2.05) is 19.1 Å². The van der Waals surface area contributed by atoms with E-state index in [1.165, 1.54) is 6.92 Å². The Morgan fingerprint density at radius 2 is 1.62 bits per heavy atom. The second kappa shape index (κ2) is 10.7. The number of anilines is 1. The minimum Gasteiger partial charge on any atom is -0.353 e. The highest BCUT2D eigenvalue weighted by Crippen LogP contribution is 2.17. The van der Waals surface area contributed by atoms with Gasteiger partial charge in [-0.1, -0.05) is 35.9 Å². The van der Waals surface area contributed by atoms with Crippen LogP contribution in [0.5, 0.6) is 0 Å². The van der Waals surface area contributed by atoms with Crippen molar-refractivity contribution in [3.05, 3.63) is 65.2 Å². The first-order chi connectivity index (χ1) is 15.3. The second-order valence-electron chi connectivity index (χ2n) is 8.19. The molecule has 32 heavy (non-hydrogen) atoms. The lowest BCUT2D eigenvalue weighted by atomic mass is 10.0. The Labute approximate surface area is 188 Å². The first kappa shape index (κ1) is 23.2. The largest absolute Gasteiger partial charge is 0.353 e. The van der Waals surface area contributed by atoms with Crippen LogP contribution in [-0.2, 0) is 9.59 Å². The fourth-order valence-electron chi connectivity index (χ4n) is 3.75. The van der Waals surface area contributed by atoms with Gasteiger partial charge in [-0.25, -0.2) is 0 Å². The summed E-state index contributed by atoms with van der Waals surface area (Å²) >= 11 is 0. The molecule has 1 aliphatic heterocycles. The van der Waals surface area contributed by atoms with E-state index in [4.69, 9.17) is 0 Å². The van der Waals surface area contributed by atoms with Gasteiger partial charge in [0, 0.05) is 55.7 Å². The molecule has 2 N–H and O–H groups in total. The molecule has 2 aromatic rings. The number of hydrogen-bond donors (Lipinski definition) is 2. The van der Waals surface area contributed by atoms with Gasteiger partial charge in [0.1, 0.15) is 0 Å². The van der Waals surface area contributed by atoms with Crippen molar-refractivity contribution in [2.75, 3.05) is 18.4 Å². The number of Topliss-reactive ketones (excluding diaryl/α,β-unsaturated/α-hetero) is 1. The predicted molar refractivity (Wildman–Crippen MR) is 123 cm³/mol. The number of amides is 3. The molecule has 0 aliphatic carbocycles. The summed E-state index contributed by atoms with van der Waals surface area (Å²) in [5.41, 5.74) is 2.82. The minimum atomic E-state index is -0.188. The van der Waals surface area contributed by atoms with Crippen molar-refractivity contribution in [3.8, 4) is 0 Å². The highest BCUT2D eigenvalue weighted by atomic mass is 16.2. The van der Waals surface area contributed by atoms with Crippen LogP contribution in [0.2, 0.25) is 0 Å². The van der Waals surface area contributed by atoms with E-state index < -0.39 is 0 Å². The van der Waals surface area contributed by atoms with Gasteiger partial charge in [-0.15, -0.1) is 0 Å². The number of carbonyl (C=O) groups is 4. The maximum Gasteiger partial charge on any atom is 0.253 e. The highest BCUT2D eigenvalue weighted by molar-refractivity contribution is 5.98. The van der Waals surface area contributed by atoms with Crippen LogP contribution < -0.4 is 10.6 Å². The van der Waals surface area contributed by atoms with Crippen LogP contribution in [-0.4, -0.2) is 47.5 Å². The molecular formula is C25H29N3O4. The van der Waals surface area contributed by atoms with Crippen LogP contribution in [0.4, 0.5) is 5.69 Å². The number of nitrogens with zero attached hydrogens (tertiary/aromatic N) is 1. The zero-order valence-corrected chi connectivity index (χ0v) is 18.5. The standard InChI is InChI=1S/C25H29N3O4/c1-17-6-8-19(9-7-17)23(30)10-11-24(31)27-21-12-14-28(15-13-21)25(32)20-4-3-5-22(16-20)26-18(2)29/h3-9,16,21H,10-15H2,1-2H3,(H,26,29)(H,27,31). The van der Waals surface area contributed by atoms with Gasteiger partial charge in [-0.05, 0) is 38.0 Å². The predicted octanol–water partition coefficient (Wildman–Crippen LogP) is 3.34. The molecule has 0 atom stereocenters. The normalized spacial score (nSPS) is 14.0. The molecule has 7 nitrogen and oxygen atoms in total. The second-order valence-corrected chi connectivity index (χ2v) is 8.19. The molecule has 2 aromatic carbocycles. The smallest absolute Gasteiger partial charge is 0.253 e. The summed E-state index contributed by atoms with van der Waals surface area (Å²) in [6, 6.07) is 14.2. The quantitative estimate of drug-likeness (QED) is 0.652. The molecule has 0 spiro atoms. The average molecular weight is 436 g/mol. The van der Waals surface area contributed by atoms with Crippen LogP contribution in [0.3, 0.4) is 0 Å². The Balaban J connectivity index is 1.43. The number of nitrogens with one attached hydrogen (secondary N) is 2. The average Bonchev–Trinajstić information content (AvgIpc) is 2.78. The van der Waals surface area contributed by atoms with Gasteiger partial charge in [0.15, 0.2) is 5.78 Å². The van der Waals surface area contributed by atoms with E-state index in [-0.39, 0.29) is 42.4 Å². The van der Waals surface area contributed by atoms with Crippen molar-refractivity contribution in [2.45, 2.75) is 45.6 Å². The number of rotatable bonds is 7. The molecule has 3 rings (SSSR count). The SMILES string of the molecule is CC(=O)Nc1cccc(C(=O)N2CCC(NC(=O)CCC(=O)c3ccc(C)cc3)CC2)c1. The van der Waals surface area contributed by atoms with Crippen LogP contribution in [0.1, 0.15) is 58.9 Å². The van der Waals surface area contributed by atoms with Crippen molar-refractivity contribution in [1.82, 2.24) is 10.2 Å². The first-order valence-corrected chi connectivity index (χ1v) is 10.9. The Morgan fingerprint density at radius 3 is 2.28 bits per heavy atom. The maximum atomic E-state index is 12.8. The van der Waals surface area contributed by atoms with E-state index in [1.54, 1.807) is 41.3 Å². The number of benzene rings is 2. The molecule has 1 aliphatic rings. The Bertz CT molecular complexity index is 993. The van der Waals surface area contributed by atoms with Crippen LogP contribution in [0.15, 0.2) is 48.5 Å². The van der Waals surface area contributed by atoms with E-state index in [0.29, 0.717) is 42.7 Å². The van der Waals surface area contributed by atoms with Crippen molar-refractivity contribution in [2.24, 2.45) is 0 Å². The summed E-state index contributed by atoms with van der Waals surface area (Å²) < 4.78 is 0.